The van der Waals surface area contributed by atoms with Crippen LogP contribution in [0.1, 0.15) is 48.1 Å². The molecule has 9 heteroatoms. The van der Waals surface area contributed by atoms with Gasteiger partial charge in [-0.2, -0.15) is 5.26 Å². The van der Waals surface area contributed by atoms with Crippen molar-refractivity contribution in [3.63, 3.8) is 0 Å². The summed E-state index contributed by atoms with van der Waals surface area (Å²) in [6.07, 6.45) is 4.13. The van der Waals surface area contributed by atoms with Crippen molar-refractivity contribution in [2.45, 2.75) is 45.4 Å². The number of pyridine rings is 1. The second kappa shape index (κ2) is 15.9. The Balaban J connectivity index is 1.48. The van der Waals surface area contributed by atoms with Crippen molar-refractivity contribution in [2.75, 3.05) is 6.54 Å². The number of rotatable bonds is 15. The molecule has 0 aliphatic carbocycles. The molecule has 42 heavy (non-hydrogen) atoms. The van der Waals surface area contributed by atoms with Gasteiger partial charge in [0.05, 0.1) is 5.02 Å². The molecular formula is C33H31BrClN3O4. The Morgan fingerprint density at radius 2 is 1.76 bits per heavy atom. The SMILES string of the molecule is N#Cc1cc(COc2cc(OCc3cccc(-c4ccccc4)c3Br)c(Cl)cc2CNCCCCCC(=O)O)ccn1. The summed E-state index contributed by atoms with van der Waals surface area (Å²) in [6.45, 7) is 1.78. The normalized spacial score (nSPS) is 10.7. The van der Waals surface area contributed by atoms with Gasteiger partial charge in [-0.15, -0.1) is 0 Å². The zero-order valence-electron chi connectivity index (χ0n) is 23.0. The summed E-state index contributed by atoms with van der Waals surface area (Å²) < 4.78 is 13.4. The highest BCUT2D eigenvalue weighted by molar-refractivity contribution is 9.10. The van der Waals surface area contributed by atoms with E-state index in [-0.39, 0.29) is 13.0 Å². The number of hydrogen-bond acceptors (Lipinski definition) is 6. The zero-order valence-corrected chi connectivity index (χ0v) is 25.3. The first-order chi connectivity index (χ1) is 20.4. The van der Waals surface area contributed by atoms with Crippen molar-refractivity contribution in [3.05, 3.63) is 111 Å². The molecule has 7 nitrogen and oxygen atoms in total. The molecule has 0 atom stereocenters. The van der Waals surface area contributed by atoms with Crippen LogP contribution in [0.2, 0.25) is 5.02 Å². The summed E-state index contributed by atoms with van der Waals surface area (Å²) in [4.78, 5) is 14.7. The van der Waals surface area contributed by atoms with E-state index in [0.717, 1.165) is 51.7 Å². The number of nitrogens with one attached hydrogen (secondary N) is 1. The van der Waals surface area contributed by atoms with Gasteiger partial charge in [0.2, 0.25) is 0 Å². The number of benzene rings is 3. The van der Waals surface area contributed by atoms with Gasteiger partial charge in [0.1, 0.15) is 36.5 Å². The lowest BCUT2D eigenvalue weighted by Crippen LogP contribution is -2.16. The van der Waals surface area contributed by atoms with Crippen molar-refractivity contribution >= 4 is 33.5 Å². The van der Waals surface area contributed by atoms with Crippen LogP contribution in [0.3, 0.4) is 0 Å². The molecule has 4 rings (SSSR count). The number of carboxylic acid groups (broad SMARTS) is 1. The lowest BCUT2D eigenvalue weighted by atomic mass is 10.0. The van der Waals surface area contributed by atoms with Gasteiger partial charge >= 0.3 is 5.97 Å². The van der Waals surface area contributed by atoms with Crippen LogP contribution in [0, 0.1) is 11.3 Å². The number of carbonyl (C=O) groups is 1. The van der Waals surface area contributed by atoms with E-state index in [1.54, 1.807) is 24.4 Å². The van der Waals surface area contributed by atoms with Gasteiger partial charge in [0, 0.05) is 40.8 Å². The second-order valence-electron chi connectivity index (χ2n) is 9.65. The molecule has 0 unspecified atom stereocenters. The van der Waals surface area contributed by atoms with Gasteiger partial charge in [-0.25, -0.2) is 4.98 Å². The standard InChI is InChI=1S/C33H31BrClN3O4/c34-33-25(10-7-11-28(33)24-8-3-1-4-9-24)22-42-31-18-30(41-21-23-13-15-38-27(16-23)19-36)26(17-29(31)35)20-37-14-6-2-5-12-32(39)40/h1,3-4,7-11,13,15-18,37H,2,5-6,12,14,20-22H2,(H,39,40). The molecule has 1 aromatic heterocycles. The number of hydrogen-bond donors (Lipinski definition) is 2. The minimum Gasteiger partial charge on any atom is -0.488 e. The molecule has 0 amide bonds. The fourth-order valence-electron chi connectivity index (χ4n) is 4.36. The molecule has 0 radical (unpaired) electrons. The largest absolute Gasteiger partial charge is 0.488 e. The summed E-state index contributed by atoms with van der Waals surface area (Å²) in [5, 5.41) is 21.9. The number of aliphatic carboxylic acids is 1. The van der Waals surface area contributed by atoms with Crippen molar-refractivity contribution in [1.29, 1.82) is 5.26 Å². The van der Waals surface area contributed by atoms with Gasteiger partial charge in [0.15, 0.2) is 0 Å². The lowest BCUT2D eigenvalue weighted by molar-refractivity contribution is -0.137. The molecule has 0 saturated carbocycles. The third kappa shape index (κ3) is 9.05. The van der Waals surface area contributed by atoms with Crippen LogP contribution in [0.5, 0.6) is 11.5 Å². The van der Waals surface area contributed by atoms with Crippen LogP contribution in [0.4, 0.5) is 0 Å². The molecule has 0 aliphatic heterocycles. The highest BCUT2D eigenvalue weighted by atomic mass is 79.9. The van der Waals surface area contributed by atoms with E-state index >= 15 is 0 Å². The topological polar surface area (TPSA) is 104 Å². The number of nitrogens with zero attached hydrogens (tertiary/aromatic N) is 2. The molecule has 0 saturated heterocycles. The fourth-order valence-corrected chi connectivity index (χ4v) is 5.21. The number of ether oxygens (including phenoxy) is 2. The summed E-state index contributed by atoms with van der Waals surface area (Å²) in [7, 11) is 0. The maximum atomic E-state index is 10.7. The van der Waals surface area contributed by atoms with Crippen LogP contribution in [0.15, 0.2) is 83.5 Å². The van der Waals surface area contributed by atoms with E-state index in [1.165, 1.54) is 0 Å². The molecule has 0 aliphatic rings. The van der Waals surface area contributed by atoms with E-state index in [4.69, 9.17) is 26.2 Å². The first-order valence-electron chi connectivity index (χ1n) is 13.6. The number of unbranched alkanes of at least 4 members (excludes halogenated alkanes) is 2. The lowest BCUT2D eigenvalue weighted by Gasteiger charge is -2.17. The molecule has 1 heterocycles. The van der Waals surface area contributed by atoms with E-state index in [9.17, 15) is 10.1 Å². The summed E-state index contributed by atoms with van der Waals surface area (Å²) in [6, 6.07) is 25.4. The average Bonchev–Trinajstić information content (AvgIpc) is 3.00. The minimum atomic E-state index is -0.769. The maximum absolute atomic E-state index is 10.7. The molecular weight excluding hydrogens is 618 g/mol. The first-order valence-corrected chi connectivity index (χ1v) is 14.8. The Morgan fingerprint density at radius 3 is 2.55 bits per heavy atom. The van der Waals surface area contributed by atoms with E-state index < -0.39 is 5.97 Å². The summed E-state index contributed by atoms with van der Waals surface area (Å²) in [5.41, 5.74) is 5.16. The molecule has 3 aromatic carbocycles. The fraction of sp³-hybridized carbons (Fsp3) is 0.242. The average molecular weight is 649 g/mol. The van der Waals surface area contributed by atoms with Gasteiger partial charge in [-0.05, 0) is 70.2 Å². The number of nitriles is 1. The van der Waals surface area contributed by atoms with Crippen LogP contribution < -0.4 is 14.8 Å². The maximum Gasteiger partial charge on any atom is 0.303 e. The predicted molar refractivity (Wildman–Crippen MR) is 166 cm³/mol. The summed E-state index contributed by atoms with van der Waals surface area (Å²) in [5.74, 6) is 0.336. The molecule has 0 spiro atoms. The van der Waals surface area contributed by atoms with Crippen molar-refractivity contribution in [3.8, 4) is 28.7 Å². The Labute approximate surface area is 259 Å². The Kier molecular flexibility index (Phi) is 11.8. The van der Waals surface area contributed by atoms with Crippen molar-refractivity contribution in [1.82, 2.24) is 10.3 Å². The third-order valence-electron chi connectivity index (χ3n) is 6.55. The number of halogens is 2. The summed E-state index contributed by atoms with van der Waals surface area (Å²) >= 11 is 10.4. The van der Waals surface area contributed by atoms with Crippen LogP contribution in [0.25, 0.3) is 11.1 Å². The molecule has 2 N–H and O–H groups in total. The Hall–Kier alpha value is -3.90. The first kappa shape index (κ1) is 31.0. The molecule has 4 aromatic rings. The van der Waals surface area contributed by atoms with Gasteiger partial charge < -0.3 is 19.9 Å². The highest BCUT2D eigenvalue weighted by Gasteiger charge is 2.14. The Bertz CT molecular complexity index is 1540. The van der Waals surface area contributed by atoms with Crippen molar-refractivity contribution < 1.29 is 19.4 Å². The number of aromatic nitrogens is 1. The predicted octanol–water partition coefficient (Wildman–Crippen LogP) is 7.93. The van der Waals surface area contributed by atoms with Crippen LogP contribution in [-0.2, 0) is 24.6 Å². The number of carboxylic acids is 1. The highest BCUT2D eigenvalue weighted by Crippen LogP contribution is 2.36. The van der Waals surface area contributed by atoms with E-state index in [1.807, 2.05) is 42.5 Å². The van der Waals surface area contributed by atoms with E-state index in [2.05, 4.69) is 44.4 Å². The van der Waals surface area contributed by atoms with Gasteiger partial charge in [-0.3, -0.25) is 4.79 Å². The smallest absolute Gasteiger partial charge is 0.303 e. The second-order valence-corrected chi connectivity index (χ2v) is 10.9. The monoisotopic (exact) mass is 647 g/mol. The Morgan fingerprint density at radius 1 is 0.952 bits per heavy atom. The third-order valence-corrected chi connectivity index (χ3v) is 7.79. The zero-order chi connectivity index (χ0) is 29.7. The molecule has 0 fully saturated rings. The van der Waals surface area contributed by atoms with Crippen LogP contribution >= 0.6 is 27.5 Å². The van der Waals surface area contributed by atoms with Crippen LogP contribution in [-0.4, -0.2) is 22.6 Å². The van der Waals surface area contributed by atoms with Crippen molar-refractivity contribution in [2.24, 2.45) is 0 Å². The minimum absolute atomic E-state index is 0.185. The molecule has 216 valence electrons. The quantitative estimate of drug-likeness (QED) is 0.126. The van der Waals surface area contributed by atoms with Gasteiger partial charge in [-0.1, -0.05) is 66.6 Å². The van der Waals surface area contributed by atoms with E-state index in [0.29, 0.717) is 41.8 Å². The molecule has 0 bridgehead atoms. The van der Waals surface area contributed by atoms with Gasteiger partial charge in [0.25, 0.3) is 0 Å².